The van der Waals surface area contributed by atoms with E-state index in [1.807, 2.05) is 19.1 Å². The molecule has 104 valence electrons. The molecule has 1 saturated carbocycles. The summed E-state index contributed by atoms with van der Waals surface area (Å²) in [4.78, 5) is 16.0. The topological polar surface area (TPSA) is 62.2 Å². The normalized spacial score (nSPS) is 19.7. The van der Waals surface area contributed by atoms with Gasteiger partial charge in [-0.05, 0) is 37.5 Å². The maximum absolute atomic E-state index is 12.0. The molecule has 1 fully saturated rings. The fourth-order valence-electron chi connectivity index (χ4n) is 2.71. The molecule has 4 nitrogen and oxygen atoms in total. The number of amides is 1. The van der Waals surface area contributed by atoms with Gasteiger partial charge in [0, 0.05) is 12.4 Å². The predicted octanol–water partition coefficient (Wildman–Crippen LogP) is 2.34. The quantitative estimate of drug-likeness (QED) is 0.875. The standard InChI is InChI=1S/C15H22N2O2/c1-12(13-5-9-16-10-6-13)17-14(18)11-15(19)7-3-2-4-8-15/h5-6,9-10,12,19H,2-4,7-8,11H2,1H3,(H,17,18). The second-order valence-electron chi connectivity index (χ2n) is 5.53. The zero-order chi connectivity index (χ0) is 13.7. The van der Waals surface area contributed by atoms with Crippen molar-refractivity contribution < 1.29 is 9.90 Å². The minimum absolute atomic E-state index is 0.0531. The average Bonchev–Trinajstić information content (AvgIpc) is 2.39. The Balaban J connectivity index is 1.87. The van der Waals surface area contributed by atoms with Gasteiger partial charge < -0.3 is 10.4 Å². The van der Waals surface area contributed by atoms with Crippen molar-refractivity contribution in [3.8, 4) is 0 Å². The van der Waals surface area contributed by atoms with Crippen molar-refractivity contribution >= 4 is 5.91 Å². The van der Waals surface area contributed by atoms with Gasteiger partial charge in [0.1, 0.15) is 0 Å². The van der Waals surface area contributed by atoms with Crippen LogP contribution in [0.3, 0.4) is 0 Å². The Morgan fingerprint density at radius 3 is 2.63 bits per heavy atom. The van der Waals surface area contributed by atoms with Crippen molar-refractivity contribution in [2.24, 2.45) is 0 Å². The van der Waals surface area contributed by atoms with Crippen LogP contribution >= 0.6 is 0 Å². The van der Waals surface area contributed by atoms with E-state index < -0.39 is 5.60 Å². The molecule has 0 radical (unpaired) electrons. The van der Waals surface area contributed by atoms with Crippen molar-refractivity contribution in [2.45, 2.75) is 57.1 Å². The highest BCUT2D eigenvalue weighted by atomic mass is 16.3. The first-order chi connectivity index (χ1) is 9.09. The minimum atomic E-state index is -0.791. The molecule has 1 heterocycles. The second kappa shape index (κ2) is 6.15. The molecule has 19 heavy (non-hydrogen) atoms. The monoisotopic (exact) mass is 262 g/mol. The summed E-state index contributed by atoms with van der Waals surface area (Å²) in [5.41, 5.74) is 0.235. The van der Waals surface area contributed by atoms with Gasteiger partial charge >= 0.3 is 0 Å². The van der Waals surface area contributed by atoms with Crippen LogP contribution in [0.15, 0.2) is 24.5 Å². The highest BCUT2D eigenvalue weighted by Gasteiger charge is 2.31. The van der Waals surface area contributed by atoms with Gasteiger partial charge in [0.15, 0.2) is 0 Å². The van der Waals surface area contributed by atoms with Crippen LogP contribution < -0.4 is 5.32 Å². The number of rotatable bonds is 4. The number of hydrogen-bond acceptors (Lipinski definition) is 3. The van der Waals surface area contributed by atoms with Gasteiger partial charge in [-0.1, -0.05) is 19.3 Å². The third-order valence-corrected chi connectivity index (χ3v) is 3.86. The van der Waals surface area contributed by atoms with E-state index in [0.29, 0.717) is 0 Å². The fourth-order valence-corrected chi connectivity index (χ4v) is 2.71. The molecule has 2 N–H and O–H groups in total. The summed E-state index contributed by atoms with van der Waals surface area (Å²) in [5, 5.41) is 13.3. The van der Waals surface area contributed by atoms with Crippen LogP contribution in [0.2, 0.25) is 0 Å². The predicted molar refractivity (Wildman–Crippen MR) is 73.4 cm³/mol. The molecule has 2 rings (SSSR count). The minimum Gasteiger partial charge on any atom is -0.389 e. The van der Waals surface area contributed by atoms with E-state index in [1.54, 1.807) is 12.4 Å². The molecular formula is C15H22N2O2. The van der Waals surface area contributed by atoms with E-state index >= 15 is 0 Å². The number of aromatic nitrogens is 1. The first-order valence-corrected chi connectivity index (χ1v) is 7.01. The Morgan fingerprint density at radius 1 is 1.37 bits per heavy atom. The summed E-state index contributed by atoms with van der Waals surface area (Å²) in [6, 6.07) is 3.73. The van der Waals surface area contributed by atoms with Gasteiger partial charge in [0.2, 0.25) is 5.91 Å². The highest BCUT2D eigenvalue weighted by Crippen LogP contribution is 2.30. The lowest BCUT2D eigenvalue weighted by molar-refractivity contribution is -0.128. The third-order valence-electron chi connectivity index (χ3n) is 3.86. The van der Waals surface area contributed by atoms with Gasteiger partial charge in [0.25, 0.3) is 0 Å². The maximum atomic E-state index is 12.0. The lowest BCUT2D eigenvalue weighted by atomic mass is 9.82. The molecule has 0 aromatic carbocycles. The Kier molecular flexibility index (Phi) is 4.53. The number of carbonyl (C=O) groups is 1. The molecule has 1 amide bonds. The summed E-state index contributed by atoms with van der Waals surface area (Å²) in [6.45, 7) is 1.94. The molecule has 1 atom stereocenters. The largest absolute Gasteiger partial charge is 0.389 e. The molecule has 1 aliphatic rings. The van der Waals surface area contributed by atoms with Crippen molar-refractivity contribution in [1.29, 1.82) is 0 Å². The molecule has 0 aliphatic heterocycles. The van der Waals surface area contributed by atoms with Crippen molar-refractivity contribution in [1.82, 2.24) is 10.3 Å². The average molecular weight is 262 g/mol. The molecular weight excluding hydrogens is 240 g/mol. The zero-order valence-corrected chi connectivity index (χ0v) is 11.4. The van der Waals surface area contributed by atoms with Crippen molar-refractivity contribution in [2.75, 3.05) is 0 Å². The van der Waals surface area contributed by atoms with Crippen molar-refractivity contribution in [3.63, 3.8) is 0 Å². The van der Waals surface area contributed by atoms with Crippen LogP contribution in [-0.4, -0.2) is 21.6 Å². The lowest BCUT2D eigenvalue weighted by Crippen LogP contribution is -2.39. The molecule has 1 aromatic rings. The Morgan fingerprint density at radius 2 is 2.00 bits per heavy atom. The number of hydrogen-bond donors (Lipinski definition) is 2. The lowest BCUT2D eigenvalue weighted by Gasteiger charge is -2.31. The Hall–Kier alpha value is -1.42. The van der Waals surface area contributed by atoms with Crippen LogP contribution in [0.1, 0.15) is 57.1 Å². The SMILES string of the molecule is CC(NC(=O)CC1(O)CCCCC1)c1ccncc1. The molecule has 0 spiro atoms. The molecule has 0 bridgehead atoms. The van der Waals surface area contributed by atoms with Crippen LogP contribution in [-0.2, 0) is 4.79 Å². The van der Waals surface area contributed by atoms with Crippen molar-refractivity contribution in [3.05, 3.63) is 30.1 Å². The number of pyridine rings is 1. The first-order valence-electron chi connectivity index (χ1n) is 7.01. The third kappa shape index (κ3) is 4.03. The van der Waals surface area contributed by atoms with E-state index in [9.17, 15) is 9.90 Å². The van der Waals surface area contributed by atoms with E-state index in [-0.39, 0.29) is 18.4 Å². The van der Waals surface area contributed by atoms with E-state index in [2.05, 4.69) is 10.3 Å². The highest BCUT2D eigenvalue weighted by molar-refractivity contribution is 5.77. The maximum Gasteiger partial charge on any atom is 0.223 e. The summed E-state index contributed by atoms with van der Waals surface area (Å²) in [6.07, 6.45) is 8.32. The smallest absolute Gasteiger partial charge is 0.223 e. The summed E-state index contributed by atoms with van der Waals surface area (Å²) in [5.74, 6) is -0.0753. The summed E-state index contributed by atoms with van der Waals surface area (Å²) in [7, 11) is 0. The van der Waals surface area contributed by atoms with Gasteiger partial charge in [-0.25, -0.2) is 0 Å². The van der Waals surface area contributed by atoms with E-state index in [4.69, 9.17) is 0 Å². The van der Waals surface area contributed by atoms with Crippen LogP contribution in [0.25, 0.3) is 0 Å². The molecule has 0 saturated heterocycles. The van der Waals surface area contributed by atoms with Gasteiger partial charge in [-0.3, -0.25) is 9.78 Å². The van der Waals surface area contributed by atoms with E-state index in [1.165, 1.54) is 0 Å². The molecule has 1 unspecified atom stereocenters. The fraction of sp³-hybridized carbons (Fsp3) is 0.600. The Labute approximate surface area is 114 Å². The number of nitrogens with one attached hydrogen (secondary N) is 1. The van der Waals surface area contributed by atoms with Gasteiger partial charge in [-0.2, -0.15) is 0 Å². The Bertz CT molecular complexity index is 413. The van der Waals surface area contributed by atoms with Crippen LogP contribution in [0.4, 0.5) is 0 Å². The number of aliphatic hydroxyl groups is 1. The summed E-state index contributed by atoms with van der Waals surface area (Å²) < 4.78 is 0. The molecule has 1 aliphatic carbocycles. The number of carbonyl (C=O) groups excluding carboxylic acids is 1. The van der Waals surface area contributed by atoms with Crippen LogP contribution in [0, 0.1) is 0 Å². The van der Waals surface area contributed by atoms with Gasteiger partial charge in [-0.15, -0.1) is 0 Å². The first kappa shape index (κ1) is 14.0. The van der Waals surface area contributed by atoms with Crippen LogP contribution in [0.5, 0.6) is 0 Å². The zero-order valence-electron chi connectivity index (χ0n) is 11.4. The molecule has 1 aromatic heterocycles. The summed E-state index contributed by atoms with van der Waals surface area (Å²) >= 11 is 0. The van der Waals surface area contributed by atoms with Gasteiger partial charge in [0.05, 0.1) is 18.1 Å². The van der Waals surface area contributed by atoms with E-state index in [0.717, 1.165) is 37.7 Å². The molecule has 4 heteroatoms. The number of nitrogens with zero attached hydrogens (tertiary/aromatic N) is 1. The second-order valence-corrected chi connectivity index (χ2v) is 5.53.